The minimum atomic E-state index is -0.977. The van der Waals surface area contributed by atoms with Crippen LogP contribution < -0.4 is 10.2 Å². The molecule has 1 unspecified atom stereocenters. The molecule has 9 heteroatoms. The van der Waals surface area contributed by atoms with Crippen molar-refractivity contribution in [1.82, 2.24) is 9.80 Å². The number of nitrogens with zero attached hydrogens (tertiary/aromatic N) is 2. The first-order valence-corrected chi connectivity index (χ1v) is 10.8. The molecule has 3 aliphatic rings. The number of hydrogen-bond donors (Lipinski definition) is 1. The average molecular weight is 430 g/mol. The summed E-state index contributed by atoms with van der Waals surface area (Å²) in [6, 6.07) is 3.82. The molecule has 1 aromatic rings. The Balaban J connectivity index is 1.54. The standard InChI is InChI=1S/C22H31BN2O6/c1-21(2)22(3,4)31-23(30-21)15-10-14-6-8-24(12-16(14)18(11-15)29-5)17-7-9-25(20(17)28)13-19(26)27/h10-11,17H,6-9,12-13H2,1-5H3,(H,26,27). The van der Waals surface area contributed by atoms with Crippen molar-refractivity contribution in [1.29, 1.82) is 0 Å². The van der Waals surface area contributed by atoms with Crippen LogP contribution in [0.1, 0.15) is 45.2 Å². The zero-order valence-corrected chi connectivity index (χ0v) is 18.9. The number of carboxylic acids is 1. The Bertz CT molecular complexity index is 869. The van der Waals surface area contributed by atoms with Crippen LogP contribution in [-0.2, 0) is 31.9 Å². The third kappa shape index (κ3) is 3.94. The fourth-order valence-electron chi connectivity index (χ4n) is 4.62. The van der Waals surface area contributed by atoms with Gasteiger partial charge in [-0.3, -0.25) is 14.5 Å². The summed E-state index contributed by atoms with van der Waals surface area (Å²) in [6.07, 6.45) is 1.43. The van der Waals surface area contributed by atoms with Gasteiger partial charge in [0.1, 0.15) is 12.3 Å². The Morgan fingerprint density at radius 2 is 1.90 bits per heavy atom. The number of benzene rings is 1. The van der Waals surface area contributed by atoms with E-state index in [0.29, 0.717) is 19.5 Å². The number of ether oxygens (including phenoxy) is 1. The van der Waals surface area contributed by atoms with Gasteiger partial charge in [0.05, 0.1) is 24.4 Å². The van der Waals surface area contributed by atoms with E-state index in [-0.39, 0.29) is 18.5 Å². The second kappa shape index (κ2) is 7.80. The topological polar surface area (TPSA) is 88.5 Å². The van der Waals surface area contributed by atoms with Crippen molar-refractivity contribution >= 4 is 24.5 Å². The molecule has 2 saturated heterocycles. The van der Waals surface area contributed by atoms with Gasteiger partial charge in [0, 0.05) is 25.2 Å². The number of likely N-dealkylation sites (tertiary alicyclic amines) is 1. The van der Waals surface area contributed by atoms with Crippen LogP contribution in [0.3, 0.4) is 0 Å². The average Bonchev–Trinajstić information content (AvgIpc) is 3.15. The summed E-state index contributed by atoms with van der Waals surface area (Å²) in [4.78, 5) is 27.3. The second-order valence-corrected chi connectivity index (χ2v) is 9.63. The van der Waals surface area contributed by atoms with Gasteiger partial charge in [-0.1, -0.05) is 6.07 Å². The number of carbonyl (C=O) groups excluding carboxylic acids is 1. The predicted octanol–water partition coefficient (Wildman–Crippen LogP) is 1.04. The summed E-state index contributed by atoms with van der Waals surface area (Å²) in [7, 11) is 1.20. The van der Waals surface area contributed by atoms with Crippen LogP contribution in [0.5, 0.6) is 5.75 Å². The molecule has 168 valence electrons. The van der Waals surface area contributed by atoms with Crippen LogP contribution >= 0.6 is 0 Å². The van der Waals surface area contributed by atoms with E-state index in [1.165, 1.54) is 10.5 Å². The Morgan fingerprint density at radius 1 is 1.23 bits per heavy atom. The van der Waals surface area contributed by atoms with Gasteiger partial charge in [-0.05, 0) is 57.6 Å². The van der Waals surface area contributed by atoms with E-state index in [2.05, 4.69) is 11.0 Å². The van der Waals surface area contributed by atoms with Crippen molar-refractivity contribution in [3.05, 3.63) is 23.3 Å². The van der Waals surface area contributed by atoms with Crippen molar-refractivity contribution in [3.63, 3.8) is 0 Å². The first kappa shape index (κ1) is 22.1. The van der Waals surface area contributed by atoms with Crippen molar-refractivity contribution in [2.45, 2.75) is 64.3 Å². The highest BCUT2D eigenvalue weighted by Gasteiger charge is 2.52. The van der Waals surface area contributed by atoms with E-state index >= 15 is 0 Å². The molecular weight excluding hydrogens is 399 g/mol. The molecule has 2 fully saturated rings. The molecule has 4 rings (SSSR count). The lowest BCUT2D eigenvalue weighted by atomic mass is 9.76. The molecule has 1 N–H and O–H groups in total. The Kier molecular flexibility index (Phi) is 5.56. The molecule has 0 radical (unpaired) electrons. The monoisotopic (exact) mass is 430 g/mol. The number of amides is 1. The molecule has 0 aliphatic carbocycles. The van der Waals surface area contributed by atoms with E-state index < -0.39 is 24.3 Å². The molecule has 0 bridgehead atoms. The Morgan fingerprint density at radius 3 is 2.52 bits per heavy atom. The predicted molar refractivity (Wildman–Crippen MR) is 115 cm³/mol. The van der Waals surface area contributed by atoms with Crippen LogP contribution in [0.2, 0.25) is 0 Å². The van der Waals surface area contributed by atoms with Gasteiger partial charge in [0.2, 0.25) is 5.91 Å². The SMILES string of the molecule is COc1cc(B2OC(C)(C)C(C)(C)O2)cc2c1CN(C1CCN(CC(=O)O)C1=O)CC2. The van der Waals surface area contributed by atoms with Gasteiger partial charge in [0.15, 0.2) is 0 Å². The van der Waals surface area contributed by atoms with Gasteiger partial charge in [-0.15, -0.1) is 0 Å². The highest BCUT2D eigenvalue weighted by Crippen LogP contribution is 2.37. The van der Waals surface area contributed by atoms with Gasteiger partial charge in [-0.2, -0.15) is 0 Å². The Labute approximate surface area is 183 Å². The first-order chi connectivity index (χ1) is 14.5. The zero-order chi connectivity index (χ0) is 22.6. The van der Waals surface area contributed by atoms with E-state index in [1.54, 1.807) is 7.11 Å². The lowest BCUT2D eigenvalue weighted by Crippen LogP contribution is -2.45. The fraction of sp³-hybridized carbons (Fsp3) is 0.636. The van der Waals surface area contributed by atoms with Gasteiger partial charge < -0.3 is 24.1 Å². The summed E-state index contributed by atoms with van der Waals surface area (Å²) >= 11 is 0. The molecule has 3 aliphatic heterocycles. The van der Waals surface area contributed by atoms with Crippen LogP contribution in [0.4, 0.5) is 0 Å². The number of carboxylic acid groups (broad SMARTS) is 1. The van der Waals surface area contributed by atoms with Crippen LogP contribution in [0.15, 0.2) is 12.1 Å². The first-order valence-electron chi connectivity index (χ1n) is 10.8. The number of methoxy groups -OCH3 is 1. The molecule has 1 amide bonds. The van der Waals surface area contributed by atoms with Crippen molar-refractivity contribution in [2.75, 3.05) is 26.7 Å². The third-order valence-corrected chi connectivity index (χ3v) is 7.13. The largest absolute Gasteiger partial charge is 0.496 e. The lowest BCUT2D eigenvalue weighted by molar-refractivity contribution is -0.144. The molecule has 1 aromatic carbocycles. The van der Waals surface area contributed by atoms with Crippen LogP contribution in [-0.4, -0.2) is 77.9 Å². The summed E-state index contributed by atoms with van der Waals surface area (Å²) < 4.78 is 18.1. The highest BCUT2D eigenvalue weighted by atomic mass is 16.7. The van der Waals surface area contributed by atoms with Crippen LogP contribution in [0.25, 0.3) is 0 Å². The number of fused-ring (bicyclic) bond motifs is 1. The molecular formula is C22H31BN2O6. The summed E-state index contributed by atoms with van der Waals surface area (Å²) in [5.74, 6) is -0.312. The van der Waals surface area contributed by atoms with E-state index in [9.17, 15) is 9.59 Å². The second-order valence-electron chi connectivity index (χ2n) is 9.63. The summed E-state index contributed by atoms with van der Waals surface area (Å²) in [5.41, 5.74) is 2.35. The molecule has 8 nitrogen and oxygen atoms in total. The van der Waals surface area contributed by atoms with Gasteiger partial charge >= 0.3 is 13.1 Å². The number of hydrogen-bond acceptors (Lipinski definition) is 6. The molecule has 0 aromatic heterocycles. The smallest absolute Gasteiger partial charge is 0.494 e. The summed E-state index contributed by atoms with van der Waals surface area (Å²) in [5, 5.41) is 9.02. The summed E-state index contributed by atoms with van der Waals surface area (Å²) in [6.45, 7) is 9.72. The van der Waals surface area contributed by atoms with E-state index in [0.717, 1.165) is 29.7 Å². The molecule has 0 saturated carbocycles. The van der Waals surface area contributed by atoms with Crippen molar-refractivity contribution in [2.24, 2.45) is 0 Å². The zero-order valence-electron chi connectivity index (χ0n) is 18.9. The maximum absolute atomic E-state index is 12.7. The van der Waals surface area contributed by atoms with Crippen molar-refractivity contribution < 1.29 is 28.7 Å². The minimum absolute atomic E-state index is 0.0985. The number of aliphatic carboxylic acids is 1. The minimum Gasteiger partial charge on any atom is -0.496 e. The van der Waals surface area contributed by atoms with Gasteiger partial charge in [0.25, 0.3) is 0 Å². The maximum Gasteiger partial charge on any atom is 0.494 e. The van der Waals surface area contributed by atoms with Gasteiger partial charge in [-0.25, -0.2) is 0 Å². The normalized spacial score (nSPS) is 25.1. The maximum atomic E-state index is 12.7. The third-order valence-electron chi connectivity index (χ3n) is 7.13. The molecule has 31 heavy (non-hydrogen) atoms. The number of rotatable bonds is 5. The molecule has 0 spiro atoms. The van der Waals surface area contributed by atoms with E-state index in [4.69, 9.17) is 19.2 Å². The highest BCUT2D eigenvalue weighted by molar-refractivity contribution is 6.62. The lowest BCUT2D eigenvalue weighted by Gasteiger charge is -2.33. The number of carbonyl (C=O) groups is 2. The quantitative estimate of drug-likeness (QED) is 0.699. The molecule has 3 heterocycles. The fourth-order valence-corrected chi connectivity index (χ4v) is 4.62. The van der Waals surface area contributed by atoms with E-state index in [1.807, 2.05) is 33.8 Å². The van der Waals surface area contributed by atoms with Crippen molar-refractivity contribution in [3.8, 4) is 5.75 Å². The Hall–Kier alpha value is -2.10. The van der Waals surface area contributed by atoms with Crippen LogP contribution in [0, 0.1) is 0 Å². The molecule has 1 atom stereocenters.